The molecule has 1 aromatic heterocycles. The Morgan fingerprint density at radius 3 is 2.81 bits per heavy atom. The lowest BCUT2D eigenvalue weighted by Crippen LogP contribution is -2.12. The van der Waals surface area contributed by atoms with E-state index in [1.807, 2.05) is 12.1 Å². The predicted octanol–water partition coefficient (Wildman–Crippen LogP) is 4.72. The highest BCUT2D eigenvalue weighted by molar-refractivity contribution is 8.01. The molecule has 3 aromatic rings. The molecule has 5 nitrogen and oxygen atoms in total. The lowest BCUT2D eigenvalue weighted by molar-refractivity contribution is 0.601. The molecule has 0 spiro atoms. The Morgan fingerprint density at radius 2 is 2.08 bits per heavy atom. The smallest absolute Gasteiger partial charge is 0.261 e. The van der Waals surface area contributed by atoms with Gasteiger partial charge >= 0.3 is 0 Å². The van der Waals surface area contributed by atoms with Crippen molar-refractivity contribution >= 4 is 49.0 Å². The first-order chi connectivity index (χ1) is 12.4. The maximum Gasteiger partial charge on any atom is 0.261 e. The number of hydrogen-bond acceptors (Lipinski definition) is 6. The average molecular weight is 404 g/mol. The Balaban J connectivity index is 1.85. The second kappa shape index (κ2) is 7.66. The van der Waals surface area contributed by atoms with Crippen molar-refractivity contribution in [1.29, 1.82) is 5.26 Å². The van der Waals surface area contributed by atoms with E-state index in [2.05, 4.69) is 23.6 Å². The maximum absolute atomic E-state index is 12.6. The van der Waals surface area contributed by atoms with E-state index in [0.717, 1.165) is 20.3 Å². The van der Waals surface area contributed by atoms with Crippen LogP contribution in [0.5, 0.6) is 0 Å². The SMILES string of the molecule is CC(C)CSc1nc2ccc(NS(=O)(=O)c3cccc(C#N)c3)cc2s1. The van der Waals surface area contributed by atoms with Gasteiger partial charge in [-0.25, -0.2) is 13.4 Å². The van der Waals surface area contributed by atoms with Crippen LogP contribution in [0, 0.1) is 17.2 Å². The van der Waals surface area contributed by atoms with Crippen LogP contribution in [0.1, 0.15) is 19.4 Å². The molecule has 8 heteroatoms. The maximum atomic E-state index is 12.6. The number of rotatable bonds is 6. The Morgan fingerprint density at radius 1 is 1.27 bits per heavy atom. The summed E-state index contributed by atoms with van der Waals surface area (Å²) in [5.74, 6) is 1.58. The molecule has 0 amide bonds. The number of nitriles is 1. The molecule has 0 atom stereocenters. The minimum Gasteiger partial charge on any atom is -0.280 e. The number of fused-ring (bicyclic) bond motifs is 1. The molecule has 0 aliphatic rings. The molecule has 0 saturated heterocycles. The number of benzene rings is 2. The van der Waals surface area contributed by atoms with E-state index in [-0.39, 0.29) is 4.90 Å². The number of nitrogens with one attached hydrogen (secondary N) is 1. The molecule has 0 saturated carbocycles. The van der Waals surface area contributed by atoms with Gasteiger partial charge in [-0.05, 0) is 42.3 Å². The summed E-state index contributed by atoms with van der Waals surface area (Å²) in [7, 11) is -3.75. The topological polar surface area (TPSA) is 82.8 Å². The van der Waals surface area contributed by atoms with Crippen LogP contribution in [0.4, 0.5) is 5.69 Å². The lowest BCUT2D eigenvalue weighted by Gasteiger charge is -2.08. The van der Waals surface area contributed by atoms with Gasteiger partial charge in [0.1, 0.15) is 0 Å². The van der Waals surface area contributed by atoms with Gasteiger partial charge in [0, 0.05) is 5.75 Å². The largest absolute Gasteiger partial charge is 0.280 e. The quantitative estimate of drug-likeness (QED) is 0.602. The van der Waals surface area contributed by atoms with Crippen LogP contribution < -0.4 is 4.72 Å². The summed E-state index contributed by atoms with van der Waals surface area (Å²) in [4.78, 5) is 4.64. The molecule has 0 aliphatic carbocycles. The van der Waals surface area contributed by atoms with Gasteiger partial charge in [0.25, 0.3) is 10.0 Å². The van der Waals surface area contributed by atoms with Crippen molar-refractivity contribution in [2.45, 2.75) is 23.1 Å². The van der Waals surface area contributed by atoms with Gasteiger partial charge in [-0.3, -0.25) is 4.72 Å². The molecule has 0 radical (unpaired) electrons. The first-order valence-electron chi connectivity index (χ1n) is 7.94. The molecule has 1 N–H and O–H groups in total. The van der Waals surface area contributed by atoms with E-state index in [4.69, 9.17) is 5.26 Å². The fourth-order valence-electron chi connectivity index (χ4n) is 2.21. The highest BCUT2D eigenvalue weighted by Gasteiger charge is 2.15. The van der Waals surface area contributed by atoms with Crippen molar-refractivity contribution in [2.24, 2.45) is 5.92 Å². The summed E-state index contributed by atoms with van der Waals surface area (Å²) in [5, 5.41) is 8.94. The average Bonchev–Trinajstić information content (AvgIpc) is 3.02. The fraction of sp³-hybridized carbons (Fsp3) is 0.222. The van der Waals surface area contributed by atoms with Gasteiger partial charge < -0.3 is 0 Å². The number of hydrogen-bond donors (Lipinski definition) is 1. The van der Waals surface area contributed by atoms with E-state index in [1.54, 1.807) is 47.4 Å². The van der Waals surface area contributed by atoms with Crippen molar-refractivity contribution in [1.82, 2.24) is 4.98 Å². The van der Waals surface area contributed by atoms with Gasteiger partial charge in [-0.1, -0.05) is 31.7 Å². The van der Waals surface area contributed by atoms with Crippen LogP contribution in [0.15, 0.2) is 51.7 Å². The third kappa shape index (κ3) is 4.36. The fourth-order valence-corrected chi connectivity index (χ4v) is 5.39. The minimum absolute atomic E-state index is 0.0640. The predicted molar refractivity (Wildman–Crippen MR) is 107 cm³/mol. The summed E-state index contributed by atoms with van der Waals surface area (Å²) < 4.78 is 29.6. The molecule has 3 rings (SSSR count). The van der Waals surface area contributed by atoms with Gasteiger partial charge in [-0.15, -0.1) is 11.3 Å². The van der Waals surface area contributed by atoms with Crippen LogP contribution in [-0.4, -0.2) is 19.2 Å². The summed E-state index contributed by atoms with van der Waals surface area (Å²) >= 11 is 3.27. The molecule has 0 unspecified atom stereocenters. The second-order valence-electron chi connectivity index (χ2n) is 6.11. The summed E-state index contributed by atoms with van der Waals surface area (Å²) in [6.45, 7) is 4.32. The summed E-state index contributed by atoms with van der Waals surface area (Å²) in [6, 6.07) is 13.2. The third-order valence-corrected chi connectivity index (χ3v) is 7.40. The van der Waals surface area contributed by atoms with Gasteiger partial charge in [0.2, 0.25) is 0 Å². The Bertz CT molecular complexity index is 1080. The van der Waals surface area contributed by atoms with Crippen molar-refractivity contribution in [3.63, 3.8) is 0 Å². The first-order valence-corrected chi connectivity index (χ1v) is 11.2. The Labute approximate surface area is 161 Å². The van der Waals surface area contributed by atoms with E-state index in [1.165, 1.54) is 12.1 Å². The van der Waals surface area contributed by atoms with Crippen molar-refractivity contribution in [3.8, 4) is 6.07 Å². The number of nitrogens with zero attached hydrogens (tertiary/aromatic N) is 2. The Kier molecular flexibility index (Phi) is 5.51. The normalized spacial score (nSPS) is 11.6. The van der Waals surface area contributed by atoms with Crippen LogP contribution in [0.3, 0.4) is 0 Å². The standard InChI is InChI=1S/C18H17N3O2S3/c1-12(2)11-24-18-20-16-7-6-14(9-17(16)25-18)21-26(22,23)15-5-3-4-13(8-15)10-19/h3-9,12,21H,11H2,1-2H3. The van der Waals surface area contributed by atoms with Crippen molar-refractivity contribution in [2.75, 3.05) is 10.5 Å². The van der Waals surface area contributed by atoms with Crippen molar-refractivity contribution < 1.29 is 8.42 Å². The van der Waals surface area contributed by atoms with Gasteiger partial charge in [0.15, 0.2) is 4.34 Å². The van der Waals surface area contributed by atoms with Crippen LogP contribution in [0.2, 0.25) is 0 Å². The highest BCUT2D eigenvalue weighted by Crippen LogP contribution is 2.32. The molecule has 0 fully saturated rings. The van der Waals surface area contributed by atoms with Crippen LogP contribution in [-0.2, 0) is 10.0 Å². The zero-order valence-corrected chi connectivity index (χ0v) is 16.7. The van der Waals surface area contributed by atoms with Crippen LogP contribution >= 0.6 is 23.1 Å². The van der Waals surface area contributed by atoms with E-state index < -0.39 is 10.0 Å². The first kappa shape index (κ1) is 18.7. The highest BCUT2D eigenvalue weighted by atomic mass is 32.2. The van der Waals surface area contributed by atoms with Gasteiger partial charge in [0.05, 0.1) is 32.4 Å². The van der Waals surface area contributed by atoms with E-state index >= 15 is 0 Å². The van der Waals surface area contributed by atoms with Crippen LogP contribution in [0.25, 0.3) is 10.2 Å². The molecule has 26 heavy (non-hydrogen) atoms. The lowest BCUT2D eigenvalue weighted by atomic mass is 10.2. The molecule has 0 aliphatic heterocycles. The summed E-state index contributed by atoms with van der Waals surface area (Å²) in [5.41, 5.74) is 1.64. The van der Waals surface area contributed by atoms with E-state index in [9.17, 15) is 8.42 Å². The molecule has 1 heterocycles. The van der Waals surface area contributed by atoms with Crippen molar-refractivity contribution in [3.05, 3.63) is 48.0 Å². The molecular formula is C18H17N3O2S3. The second-order valence-corrected chi connectivity index (χ2v) is 10.1. The minimum atomic E-state index is -3.75. The zero-order valence-electron chi connectivity index (χ0n) is 14.3. The summed E-state index contributed by atoms with van der Waals surface area (Å²) in [6.07, 6.45) is 0. The Hall–Kier alpha value is -2.08. The van der Waals surface area contributed by atoms with E-state index in [0.29, 0.717) is 17.2 Å². The number of thiazole rings is 1. The molecule has 2 aromatic carbocycles. The number of aromatic nitrogens is 1. The molecular weight excluding hydrogens is 386 g/mol. The third-order valence-electron chi connectivity index (χ3n) is 3.43. The molecule has 134 valence electrons. The zero-order chi connectivity index (χ0) is 18.7. The monoisotopic (exact) mass is 403 g/mol. The number of anilines is 1. The number of thioether (sulfide) groups is 1. The van der Waals surface area contributed by atoms with Gasteiger partial charge in [-0.2, -0.15) is 5.26 Å². The molecule has 0 bridgehead atoms. The number of sulfonamides is 1.